The van der Waals surface area contributed by atoms with E-state index in [4.69, 9.17) is 29.0 Å². The lowest BCUT2D eigenvalue weighted by Crippen LogP contribution is -2.45. The summed E-state index contributed by atoms with van der Waals surface area (Å²) in [7, 11) is -2.52. The second kappa shape index (κ2) is 8.21. The number of hydrogen-bond donors (Lipinski definition) is 4. The third kappa shape index (κ3) is 13.1. The summed E-state index contributed by atoms with van der Waals surface area (Å²) in [6, 6.07) is 0. The van der Waals surface area contributed by atoms with Crippen LogP contribution in [-0.4, -0.2) is 79.6 Å². The molecule has 108 valence electrons. The van der Waals surface area contributed by atoms with Gasteiger partial charge in [0.1, 0.15) is 0 Å². The largest absolute Gasteiger partial charge is 0.394 e. The average molecular weight is 283 g/mol. The van der Waals surface area contributed by atoms with Gasteiger partial charge in [-0.3, -0.25) is 19.0 Å². The molecule has 0 aromatic heterocycles. The van der Waals surface area contributed by atoms with Gasteiger partial charge < -0.3 is 16.4 Å². The highest BCUT2D eigenvalue weighted by molar-refractivity contribution is 7.79. The summed E-state index contributed by atoms with van der Waals surface area (Å²) < 4.78 is 31.6. The molecule has 1 aliphatic heterocycles. The van der Waals surface area contributed by atoms with Crippen LogP contribution in [0.5, 0.6) is 0 Å². The van der Waals surface area contributed by atoms with Gasteiger partial charge in [0, 0.05) is 32.7 Å². The highest BCUT2D eigenvalue weighted by Gasteiger charge is 2.12. The Morgan fingerprint density at radius 2 is 1.67 bits per heavy atom. The van der Waals surface area contributed by atoms with Crippen molar-refractivity contribution < 1.29 is 17.5 Å². The third-order valence-corrected chi connectivity index (χ3v) is 2.31. The van der Waals surface area contributed by atoms with Gasteiger partial charge in [0.2, 0.25) is 0 Å². The van der Waals surface area contributed by atoms with E-state index in [1.165, 1.54) is 0 Å². The molecule has 1 fully saturated rings. The maximum atomic E-state index is 8.74. The number of aliphatic imine (C=N–C) groups is 1. The van der Waals surface area contributed by atoms with E-state index >= 15 is 0 Å². The van der Waals surface area contributed by atoms with Crippen molar-refractivity contribution in [3.8, 4) is 0 Å². The molecule has 0 radical (unpaired) electrons. The van der Waals surface area contributed by atoms with E-state index in [0.717, 1.165) is 32.7 Å². The molecule has 0 aromatic rings. The zero-order chi connectivity index (χ0) is 14.2. The predicted octanol–water partition coefficient (Wildman–Crippen LogP) is -2.15. The van der Waals surface area contributed by atoms with Crippen molar-refractivity contribution in [1.82, 2.24) is 9.80 Å². The fourth-order valence-electron chi connectivity index (χ4n) is 1.39. The van der Waals surface area contributed by atoms with Crippen LogP contribution in [0.25, 0.3) is 0 Å². The Balaban J connectivity index is 0.000000494. The van der Waals surface area contributed by atoms with Gasteiger partial charge in [-0.05, 0) is 7.05 Å². The molecule has 1 saturated heterocycles. The Labute approximate surface area is 107 Å². The molecule has 1 heterocycles. The summed E-state index contributed by atoms with van der Waals surface area (Å²) in [6.07, 6.45) is 0. The molecular weight excluding hydrogens is 262 g/mol. The molecule has 1 rings (SSSR count). The fraction of sp³-hybridized carbons (Fsp3) is 0.875. The van der Waals surface area contributed by atoms with Crippen molar-refractivity contribution in [1.29, 1.82) is 0 Å². The number of piperazine rings is 1. The summed E-state index contributed by atoms with van der Waals surface area (Å²) in [5.41, 5.74) is 10.5. The first-order chi connectivity index (χ1) is 8.18. The van der Waals surface area contributed by atoms with Crippen LogP contribution in [0.15, 0.2) is 4.99 Å². The monoisotopic (exact) mass is 283 g/mol. The molecule has 0 amide bonds. The van der Waals surface area contributed by atoms with E-state index < -0.39 is 10.4 Å². The van der Waals surface area contributed by atoms with Gasteiger partial charge >= 0.3 is 10.4 Å². The lowest BCUT2D eigenvalue weighted by Gasteiger charge is -2.31. The van der Waals surface area contributed by atoms with Gasteiger partial charge in [-0.2, -0.15) is 8.42 Å². The van der Waals surface area contributed by atoms with Crippen LogP contribution in [-0.2, 0) is 10.4 Å². The molecule has 0 aromatic carbocycles. The Hall–Kier alpha value is -0.940. The topological polar surface area (TPSA) is 145 Å². The van der Waals surface area contributed by atoms with Crippen molar-refractivity contribution in [2.24, 2.45) is 16.5 Å². The highest BCUT2D eigenvalue weighted by Crippen LogP contribution is 1.97. The minimum atomic E-state index is -4.67. The molecule has 0 saturated carbocycles. The Bertz CT molecular complexity index is 338. The van der Waals surface area contributed by atoms with Gasteiger partial charge in [-0.1, -0.05) is 0 Å². The molecule has 0 aliphatic carbocycles. The summed E-state index contributed by atoms with van der Waals surface area (Å²) in [5.74, 6) is 0.189. The molecule has 0 atom stereocenters. The molecule has 9 nitrogen and oxygen atoms in total. The third-order valence-electron chi connectivity index (χ3n) is 2.31. The van der Waals surface area contributed by atoms with Gasteiger partial charge in [-0.25, -0.2) is 0 Å². The van der Waals surface area contributed by atoms with E-state index in [2.05, 4.69) is 21.8 Å². The SMILES string of the molecule is CN1CCN(CCN=C(N)N)CC1.O=S(=O)(O)O. The smallest absolute Gasteiger partial charge is 0.370 e. The summed E-state index contributed by atoms with van der Waals surface area (Å²) in [5, 5.41) is 0. The van der Waals surface area contributed by atoms with Crippen LogP contribution in [0.3, 0.4) is 0 Å². The van der Waals surface area contributed by atoms with Crippen molar-refractivity contribution in [2.75, 3.05) is 46.3 Å². The van der Waals surface area contributed by atoms with Crippen molar-refractivity contribution >= 4 is 16.4 Å². The minimum Gasteiger partial charge on any atom is -0.370 e. The van der Waals surface area contributed by atoms with Crippen LogP contribution < -0.4 is 11.5 Å². The summed E-state index contributed by atoms with van der Waals surface area (Å²) in [4.78, 5) is 8.67. The average Bonchev–Trinajstić information content (AvgIpc) is 2.18. The maximum Gasteiger partial charge on any atom is 0.394 e. The molecule has 0 bridgehead atoms. The minimum absolute atomic E-state index is 0.189. The van der Waals surface area contributed by atoms with Crippen LogP contribution in [0.1, 0.15) is 0 Å². The van der Waals surface area contributed by atoms with Crippen molar-refractivity contribution in [2.45, 2.75) is 0 Å². The lowest BCUT2D eigenvalue weighted by atomic mass is 10.3. The van der Waals surface area contributed by atoms with Crippen molar-refractivity contribution in [3.05, 3.63) is 0 Å². The first-order valence-electron chi connectivity index (χ1n) is 5.34. The number of hydrogen-bond acceptors (Lipinski definition) is 5. The zero-order valence-electron chi connectivity index (χ0n) is 10.4. The number of rotatable bonds is 3. The number of nitrogens with zero attached hydrogens (tertiary/aromatic N) is 3. The molecule has 10 heteroatoms. The highest BCUT2D eigenvalue weighted by atomic mass is 32.3. The molecular formula is C8H21N5O4S. The van der Waals surface area contributed by atoms with E-state index in [1.807, 2.05) is 0 Å². The van der Waals surface area contributed by atoms with E-state index in [0.29, 0.717) is 6.54 Å². The van der Waals surface area contributed by atoms with Crippen LogP contribution >= 0.6 is 0 Å². The molecule has 0 spiro atoms. The Kier molecular flexibility index (Phi) is 7.78. The van der Waals surface area contributed by atoms with E-state index in [9.17, 15) is 0 Å². The quantitative estimate of drug-likeness (QED) is 0.261. The molecule has 0 unspecified atom stereocenters. The lowest BCUT2D eigenvalue weighted by molar-refractivity contribution is 0.157. The van der Waals surface area contributed by atoms with Crippen LogP contribution in [0, 0.1) is 0 Å². The first-order valence-corrected chi connectivity index (χ1v) is 6.74. The summed E-state index contributed by atoms with van der Waals surface area (Å²) in [6.45, 7) is 6.20. The second-order valence-electron chi connectivity index (χ2n) is 3.90. The molecule has 1 aliphatic rings. The predicted molar refractivity (Wildman–Crippen MR) is 68.8 cm³/mol. The van der Waals surface area contributed by atoms with Crippen molar-refractivity contribution in [3.63, 3.8) is 0 Å². The van der Waals surface area contributed by atoms with Gasteiger partial charge in [0.05, 0.1) is 6.54 Å². The maximum absolute atomic E-state index is 8.74. The second-order valence-corrected chi connectivity index (χ2v) is 4.80. The van der Waals surface area contributed by atoms with Crippen LogP contribution in [0.2, 0.25) is 0 Å². The van der Waals surface area contributed by atoms with Gasteiger partial charge in [0.15, 0.2) is 5.96 Å². The van der Waals surface area contributed by atoms with E-state index in [-0.39, 0.29) is 5.96 Å². The Morgan fingerprint density at radius 3 is 2.06 bits per heavy atom. The number of likely N-dealkylation sites (N-methyl/N-ethyl adjacent to an activating group) is 1. The summed E-state index contributed by atoms with van der Waals surface area (Å²) >= 11 is 0. The fourth-order valence-corrected chi connectivity index (χ4v) is 1.39. The van der Waals surface area contributed by atoms with Gasteiger partial charge in [0.25, 0.3) is 0 Å². The number of nitrogens with two attached hydrogens (primary N) is 2. The van der Waals surface area contributed by atoms with Crippen LogP contribution in [0.4, 0.5) is 0 Å². The Morgan fingerprint density at radius 1 is 1.22 bits per heavy atom. The van der Waals surface area contributed by atoms with E-state index in [1.54, 1.807) is 0 Å². The molecule has 18 heavy (non-hydrogen) atoms. The normalized spacial score (nSPS) is 17.7. The molecule has 6 N–H and O–H groups in total. The van der Waals surface area contributed by atoms with Gasteiger partial charge in [-0.15, -0.1) is 0 Å². The number of guanidine groups is 1. The zero-order valence-corrected chi connectivity index (χ0v) is 11.2. The standard InChI is InChI=1S/C8H19N5.H2O4S/c1-12-4-6-13(7-5-12)3-2-11-8(9)10;1-5(2,3)4/h2-7H2,1H3,(H4,9,10,11);(H2,1,2,3,4). The first kappa shape index (κ1) is 17.1.